The molecule has 8 heteroatoms. The molecule has 0 spiro atoms. The van der Waals surface area contributed by atoms with Gasteiger partial charge in [-0.1, -0.05) is 11.6 Å². The van der Waals surface area contributed by atoms with E-state index in [0.717, 1.165) is 0 Å². The maximum atomic E-state index is 11.6. The first-order valence-electron chi connectivity index (χ1n) is 4.12. The Hall–Kier alpha value is 0.150. The predicted molar refractivity (Wildman–Crippen MR) is 70.6 cm³/mol. The molecule has 1 aromatic rings. The minimum Gasteiger partial charge on any atom is -0.329 e. The number of rotatable bonds is 4. The Morgan fingerprint density at radius 3 is 2.56 bits per heavy atom. The fourth-order valence-corrected chi connectivity index (χ4v) is 2.64. The zero-order chi connectivity index (χ0) is 11.5. The summed E-state index contributed by atoms with van der Waals surface area (Å²) in [6, 6.07) is 4.40. The normalized spacial score (nSPS) is 10.9. The molecule has 0 radical (unpaired) electrons. The van der Waals surface area contributed by atoms with Gasteiger partial charge in [0.1, 0.15) is 0 Å². The molecular weight excluding hydrogens is 339 g/mol. The number of nitrogens with one attached hydrogen (secondary N) is 1. The third-order valence-corrected chi connectivity index (χ3v) is 4.31. The molecule has 0 unspecified atom stereocenters. The van der Waals surface area contributed by atoms with Crippen LogP contribution < -0.4 is 10.5 Å². The lowest BCUT2D eigenvalue weighted by atomic mass is 10.4. The Balaban J connectivity index is 0.00000225. The first-order valence-corrected chi connectivity index (χ1v) is 6.77. The summed E-state index contributed by atoms with van der Waals surface area (Å²) >= 11 is 8.91. The van der Waals surface area contributed by atoms with Crippen LogP contribution in [0.1, 0.15) is 0 Å². The summed E-state index contributed by atoms with van der Waals surface area (Å²) in [5.74, 6) is 0. The summed E-state index contributed by atoms with van der Waals surface area (Å²) in [5.41, 5.74) is 5.21. The minimum atomic E-state index is -3.48. The molecule has 1 aromatic carbocycles. The average molecular weight is 350 g/mol. The van der Waals surface area contributed by atoms with Crippen molar-refractivity contribution in [2.24, 2.45) is 5.73 Å². The second kappa shape index (κ2) is 6.78. The zero-order valence-electron chi connectivity index (χ0n) is 8.11. The predicted octanol–water partition coefficient (Wildman–Crippen LogP) is 1.76. The van der Waals surface area contributed by atoms with Crippen molar-refractivity contribution in [1.82, 2.24) is 4.72 Å². The maximum absolute atomic E-state index is 11.6. The molecule has 4 nitrogen and oxygen atoms in total. The molecule has 1 rings (SSSR count). The van der Waals surface area contributed by atoms with Gasteiger partial charge in [-0.2, -0.15) is 0 Å². The Morgan fingerprint density at radius 1 is 1.44 bits per heavy atom. The summed E-state index contributed by atoms with van der Waals surface area (Å²) in [6.45, 7) is 0.469. The van der Waals surface area contributed by atoms with E-state index in [2.05, 4.69) is 20.7 Å². The summed E-state index contributed by atoms with van der Waals surface area (Å²) in [4.78, 5) is 0.159. The molecule has 0 heterocycles. The highest BCUT2D eigenvalue weighted by Crippen LogP contribution is 2.25. The highest BCUT2D eigenvalue weighted by molar-refractivity contribution is 9.10. The van der Waals surface area contributed by atoms with Crippen molar-refractivity contribution in [3.8, 4) is 0 Å². The van der Waals surface area contributed by atoms with Crippen LogP contribution in [0.25, 0.3) is 0 Å². The van der Waals surface area contributed by atoms with Gasteiger partial charge in [-0.3, -0.25) is 0 Å². The van der Waals surface area contributed by atoms with Gasteiger partial charge in [0.05, 0.1) is 9.92 Å². The summed E-state index contributed by atoms with van der Waals surface area (Å²) in [5, 5.41) is 0.466. The lowest BCUT2D eigenvalue weighted by Crippen LogP contribution is -2.29. The largest absolute Gasteiger partial charge is 0.329 e. The van der Waals surface area contributed by atoms with Crippen molar-refractivity contribution >= 4 is 50.0 Å². The van der Waals surface area contributed by atoms with Crippen molar-refractivity contribution in [2.45, 2.75) is 4.90 Å². The molecule has 0 saturated heterocycles. The number of sulfonamides is 1. The van der Waals surface area contributed by atoms with E-state index in [-0.39, 0.29) is 30.4 Å². The highest BCUT2D eigenvalue weighted by Gasteiger charge is 2.13. The van der Waals surface area contributed by atoms with Gasteiger partial charge in [-0.25, -0.2) is 13.1 Å². The van der Waals surface area contributed by atoms with Gasteiger partial charge in [0.2, 0.25) is 10.0 Å². The van der Waals surface area contributed by atoms with E-state index in [9.17, 15) is 8.42 Å². The molecule has 16 heavy (non-hydrogen) atoms. The third-order valence-electron chi connectivity index (χ3n) is 1.64. The molecule has 0 aliphatic carbocycles. The summed E-state index contributed by atoms with van der Waals surface area (Å²) in [6.07, 6.45) is 0. The molecule has 0 fully saturated rings. The second-order valence-electron chi connectivity index (χ2n) is 2.76. The SMILES string of the molecule is Cl.NCCNS(=O)(=O)c1ccc(Cl)c(Br)c1. The van der Waals surface area contributed by atoms with Gasteiger partial charge in [0, 0.05) is 17.6 Å². The number of benzene rings is 1. The van der Waals surface area contributed by atoms with Crippen LogP contribution in [0, 0.1) is 0 Å². The molecule has 0 aromatic heterocycles. The Bertz CT molecular complexity index is 453. The maximum Gasteiger partial charge on any atom is 0.240 e. The molecule has 0 saturated carbocycles. The van der Waals surface area contributed by atoms with Crippen LogP contribution in [-0.2, 0) is 10.0 Å². The molecule has 92 valence electrons. The lowest BCUT2D eigenvalue weighted by Gasteiger charge is -2.06. The van der Waals surface area contributed by atoms with Gasteiger partial charge < -0.3 is 5.73 Å². The summed E-state index contributed by atoms with van der Waals surface area (Å²) < 4.78 is 26.1. The van der Waals surface area contributed by atoms with Crippen LogP contribution in [0.3, 0.4) is 0 Å². The standard InChI is InChI=1S/C8H10BrClN2O2S.ClH/c9-7-5-6(1-2-8(7)10)15(13,14)12-4-3-11;/h1-2,5,12H,3-4,11H2;1H. The van der Waals surface area contributed by atoms with Gasteiger partial charge in [-0.05, 0) is 34.1 Å². The van der Waals surface area contributed by atoms with E-state index < -0.39 is 10.0 Å². The molecule has 0 bridgehead atoms. The van der Waals surface area contributed by atoms with Gasteiger partial charge in [0.25, 0.3) is 0 Å². The van der Waals surface area contributed by atoms with Crippen molar-refractivity contribution < 1.29 is 8.42 Å². The smallest absolute Gasteiger partial charge is 0.240 e. The monoisotopic (exact) mass is 348 g/mol. The molecule has 0 aliphatic rings. The number of halogens is 3. The van der Waals surface area contributed by atoms with E-state index in [4.69, 9.17) is 17.3 Å². The zero-order valence-corrected chi connectivity index (χ0v) is 12.1. The molecular formula is C8H11BrCl2N2O2S. The van der Waals surface area contributed by atoms with Crippen LogP contribution in [0.5, 0.6) is 0 Å². The van der Waals surface area contributed by atoms with Gasteiger partial charge in [0.15, 0.2) is 0 Å². The van der Waals surface area contributed by atoms with Gasteiger partial charge >= 0.3 is 0 Å². The number of hydrogen-bond acceptors (Lipinski definition) is 3. The van der Waals surface area contributed by atoms with E-state index in [0.29, 0.717) is 9.50 Å². The van der Waals surface area contributed by atoms with Crippen LogP contribution in [-0.4, -0.2) is 21.5 Å². The summed E-state index contributed by atoms with van der Waals surface area (Å²) in [7, 11) is -3.48. The van der Waals surface area contributed by atoms with Crippen molar-refractivity contribution in [3.63, 3.8) is 0 Å². The molecule has 0 aliphatic heterocycles. The van der Waals surface area contributed by atoms with E-state index in [1.165, 1.54) is 18.2 Å². The van der Waals surface area contributed by atoms with Crippen molar-refractivity contribution in [3.05, 3.63) is 27.7 Å². The molecule has 0 atom stereocenters. The van der Waals surface area contributed by atoms with E-state index >= 15 is 0 Å². The third kappa shape index (κ3) is 4.20. The van der Waals surface area contributed by atoms with E-state index in [1.807, 2.05) is 0 Å². The fraction of sp³-hybridized carbons (Fsp3) is 0.250. The Morgan fingerprint density at radius 2 is 2.06 bits per heavy atom. The van der Waals surface area contributed by atoms with Crippen molar-refractivity contribution in [2.75, 3.05) is 13.1 Å². The fourth-order valence-electron chi connectivity index (χ4n) is 0.921. The second-order valence-corrected chi connectivity index (χ2v) is 5.79. The lowest BCUT2D eigenvalue weighted by molar-refractivity contribution is 0.582. The Kier molecular flexibility index (Phi) is 6.84. The Labute approximate surface area is 114 Å². The average Bonchev–Trinajstić information content (AvgIpc) is 2.19. The van der Waals surface area contributed by atoms with Crippen LogP contribution in [0.4, 0.5) is 0 Å². The van der Waals surface area contributed by atoms with Crippen molar-refractivity contribution in [1.29, 1.82) is 0 Å². The number of nitrogens with two attached hydrogens (primary N) is 1. The first-order chi connectivity index (χ1) is 6.97. The first kappa shape index (κ1) is 16.1. The van der Waals surface area contributed by atoms with Crippen LogP contribution in [0.2, 0.25) is 5.02 Å². The highest BCUT2D eigenvalue weighted by atomic mass is 79.9. The molecule has 0 amide bonds. The van der Waals surface area contributed by atoms with Crippen LogP contribution in [0.15, 0.2) is 27.6 Å². The number of hydrogen-bond donors (Lipinski definition) is 2. The van der Waals surface area contributed by atoms with E-state index in [1.54, 1.807) is 0 Å². The van der Waals surface area contributed by atoms with Crippen LogP contribution >= 0.6 is 39.9 Å². The minimum absolute atomic E-state index is 0. The molecule has 3 N–H and O–H groups in total. The quantitative estimate of drug-likeness (QED) is 0.869. The topological polar surface area (TPSA) is 72.2 Å². The van der Waals surface area contributed by atoms with Gasteiger partial charge in [-0.15, -0.1) is 12.4 Å².